The number of aromatic nitrogens is 1. The van der Waals surface area contributed by atoms with Gasteiger partial charge in [0.05, 0.1) is 23.4 Å². The third-order valence-corrected chi connectivity index (χ3v) is 5.71. The first-order chi connectivity index (χ1) is 16.1. The molecule has 1 aliphatic rings. The van der Waals surface area contributed by atoms with Crippen molar-refractivity contribution in [2.45, 2.75) is 50.4 Å². The summed E-state index contributed by atoms with van der Waals surface area (Å²) in [5.41, 5.74) is -0.807. The third-order valence-electron chi connectivity index (χ3n) is 5.71. The zero-order chi connectivity index (χ0) is 24.5. The van der Waals surface area contributed by atoms with Crippen molar-refractivity contribution in [1.29, 1.82) is 0 Å². The van der Waals surface area contributed by atoms with Gasteiger partial charge in [-0.15, -0.1) is 0 Å². The highest BCUT2D eigenvalue weighted by Gasteiger charge is 2.36. The molecule has 0 unspecified atom stereocenters. The number of carbonyl (C=O) groups excluding carboxylic acids is 2. The van der Waals surface area contributed by atoms with Crippen molar-refractivity contribution in [3.05, 3.63) is 53.4 Å². The summed E-state index contributed by atoms with van der Waals surface area (Å²) < 4.78 is 72.8. The number of benzene rings is 1. The van der Waals surface area contributed by atoms with Gasteiger partial charge in [0.1, 0.15) is 11.3 Å². The third kappa shape index (κ3) is 5.18. The summed E-state index contributed by atoms with van der Waals surface area (Å²) in [4.78, 5) is 27.0. The molecule has 1 fully saturated rings. The van der Waals surface area contributed by atoms with E-state index in [4.69, 9.17) is 4.42 Å². The highest BCUT2D eigenvalue weighted by molar-refractivity contribution is 5.94. The summed E-state index contributed by atoms with van der Waals surface area (Å²) in [7, 11) is 0. The molecule has 4 rings (SSSR count). The van der Waals surface area contributed by atoms with Crippen molar-refractivity contribution in [3.63, 3.8) is 0 Å². The van der Waals surface area contributed by atoms with Gasteiger partial charge in [0.25, 0.3) is 5.91 Å². The molecule has 11 heteroatoms. The van der Waals surface area contributed by atoms with E-state index in [0.717, 1.165) is 6.07 Å². The summed E-state index contributed by atoms with van der Waals surface area (Å²) in [5.74, 6) is -3.03. The molecule has 0 spiro atoms. The van der Waals surface area contributed by atoms with E-state index in [1.165, 1.54) is 30.5 Å². The Bertz CT molecular complexity index is 1200. The van der Waals surface area contributed by atoms with Crippen LogP contribution in [0.2, 0.25) is 0 Å². The number of amides is 2. The molecule has 3 aromatic rings. The monoisotopic (exact) mass is 481 g/mol. The van der Waals surface area contributed by atoms with E-state index in [1.54, 1.807) is 0 Å². The Labute approximate surface area is 190 Å². The number of hydrogen-bond acceptors (Lipinski definition) is 4. The van der Waals surface area contributed by atoms with Gasteiger partial charge in [-0.1, -0.05) is 0 Å². The smallest absolute Gasteiger partial charge is 0.420 e. The second kappa shape index (κ2) is 9.03. The number of carbonyl (C=O) groups is 2. The number of halogens is 5. The van der Waals surface area contributed by atoms with E-state index in [0.29, 0.717) is 6.41 Å². The average molecular weight is 481 g/mol. The molecular formula is C23H20F5N3O3. The SMILES string of the molecule is O=CNCc1cc2cc(-c3ccc(C(=O)NC4CCC(F)(F)CC4)cn3)cc(C(F)(F)F)c2o1. The van der Waals surface area contributed by atoms with Crippen molar-refractivity contribution in [2.75, 3.05) is 0 Å². The minimum atomic E-state index is -4.70. The van der Waals surface area contributed by atoms with Crippen LogP contribution in [0.4, 0.5) is 22.0 Å². The standard InChI is InChI=1S/C23H20F5N3O3/c24-22(25)5-3-16(4-6-22)31-21(33)13-1-2-19(30-10-13)14-7-15-8-17(11-29-12-32)34-20(15)18(9-14)23(26,27)28/h1-2,7-10,12,16H,3-6,11H2,(H,29,32)(H,31,33). The zero-order valence-electron chi connectivity index (χ0n) is 17.7. The van der Waals surface area contributed by atoms with Crippen LogP contribution >= 0.6 is 0 Å². The molecule has 0 bridgehead atoms. The Balaban J connectivity index is 1.57. The average Bonchev–Trinajstić information content (AvgIpc) is 3.20. The normalized spacial score (nSPS) is 16.4. The highest BCUT2D eigenvalue weighted by atomic mass is 19.4. The van der Waals surface area contributed by atoms with Crippen LogP contribution in [-0.4, -0.2) is 29.3 Å². The number of nitrogens with one attached hydrogen (secondary N) is 2. The van der Waals surface area contributed by atoms with Gasteiger partial charge in [-0.25, -0.2) is 8.78 Å². The molecule has 2 heterocycles. The molecule has 0 aliphatic heterocycles. The lowest BCUT2D eigenvalue weighted by molar-refractivity contribution is -0.136. The highest BCUT2D eigenvalue weighted by Crippen LogP contribution is 2.39. The van der Waals surface area contributed by atoms with Gasteiger partial charge in [0, 0.05) is 36.0 Å². The maximum absolute atomic E-state index is 13.7. The molecule has 0 saturated heterocycles. The lowest BCUT2D eigenvalue weighted by Crippen LogP contribution is -2.40. The predicted molar refractivity (Wildman–Crippen MR) is 112 cm³/mol. The van der Waals surface area contributed by atoms with E-state index in [9.17, 15) is 31.5 Å². The second-order valence-corrected chi connectivity index (χ2v) is 8.19. The molecule has 0 atom stereocenters. The van der Waals surface area contributed by atoms with Crippen molar-refractivity contribution >= 4 is 23.3 Å². The maximum Gasteiger partial charge on any atom is 0.420 e. The number of fused-ring (bicyclic) bond motifs is 1. The van der Waals surface area contributed by atoms with Gasteiger partial charge in [0.2, 0.25) is 12.3 Å². The van der Waals surface area contributed by atoms with E-state index in [1.807, 2.05) is 0 Å². The number of rotatable bonds is 6. The van der Waals surface area contributed by atoms with Crippen LogP contribution in [0.5, 0.6) is 0 Å². The fourth-order valence-electron chi connectivity index (χ4n) is 3.95. The van der Waals surface area contributed by atoms with Crippen molar-refractivity contribution in [2.24, 2.45) is 0 Å². The molecule has 6 nitrogen and oxygen atoms in total. The number of alkyl halides is 5. The van der Waals surface area contributed by atoms with Gasteiger partial charge in [-0.2, -0.15) is 13.2 Å². The van der Waals surface area contributed by atoms with Crippen molar-refractivity contribution in [1.82, 2.24) is 15.6 Å². The number of furan rings is 1. The van der Waals surface area contributed by atoms with E-state index in [-0.39, 0.29) is 71.8 Å². The quantitative estimate of drug-likeness (QED) is 0.381. The minimum Gasteiger partial charge on any atom is -0.459 e. The first kappa shape index (κ1) is 23.7. The molecule has 0 radical (unpaired) electrons. The number of pyridine rings is 1. The van der Waals surface area contributed by atoms with Gasteiger partial charge in [0.15, 0.2) is 0 Å². The summed E-state index contributed by atoms with van der Waals surface area (Å²) >= 11 is 0. The molecule has 2 aromatic heterocycles. The molecule has 34 heavy (non-hydrogen) atoms. The minimum absolute atomic E-state index is 0.0640. The van der Waals surface area contributed by atoms with Gasteiger partial charge in [-0.3, -0.25) is 14.6 Å². The first-order valence-electron chi connectivity index (χ1n) is 10.5. The van der Waals surface area contributed by atoms with Gasteiger partial charge >= 0.3 is 6.18 Å². The topological polar surface area (TPSA) is 84.2 Å². The van der Waals surface area contributed by atoms with Crippen LogP contribution < -0.4 is 10.6 Å². The fraction of sp³-hybridized carbons (Fsp3) is 0.348. The molecule has 2 amide bonds. The van der Waals surface area contributed by atoms with Crippen LogP contribution in [0.15, 0.2) is 40.9 Å². The second-order valence-electron chi connectivity index (χ2n) is 8.19. The molecule has 1 saturated carbocycles. The summed E-state index contributed by atoms with van der Waals surface area (Å²) in [6, 6.07) is 6.25. The molecular weight excluding hydrogens is 461 g/mol. The summed E-state index contributed by atoms with van der Waals surface area (Å²) in [6.07, 6.45) is -3.31. The Kier molecular flexibility index (Phi) is 6.28. The van der Waals surface area contributed by atoms with Crippen molar-refractivity contribution in [3.8, 4) is 11.3 Å². The Morgan fingerprint density at radius 1 is 1.18 bits per heavy atom. The van der Waals surface area contributed by atoms with E-state index >= 15 is 0 Å². The fourth-order valence-corrected chi connectivity index (χ4v) is 3.95. The summed E-state index contributed by atoms with van der Waals surface area (Å²) in [5, 5.41) is 5.22. The van der Waals surface area contributed by atoms with E-state index in [2.05, 4.69) is 15.6 Å². The van der Waals surface area contributed by atoms with Crippen LogP contribution in [-0.2, 0) is 17.5 Å². The largest absolute Gasteiger partial charge is 0.459 e. The van der Waals surface area contributed by atoms with Crippen LogP contribution in [0.1, 0.15) is 47.4 Å². The van der Waals surface area contributed by atoms with Crippen LogP contribution in [0, 0.1) is 0 Å². The van der Waals surface area contributed by atoms with Gasteiger partial charge < -0.3 is 15.1 Å². The van der Waals surface area contributed by atoms with E-state index < -0.39 is 23.6 Å². The number of hydrogen-bond donors (Lipinski definition) is 2. The van der Waals surface area contributed by atoms with Gasteiger partial charge in [-0.05, 0) is 43.2 Å². The van der Waals surface area contributed by atoms with Crippen molar-refractivity contribution < 1.29 is 36.0 Å². The molecule has 1 aliphatic carbocycles. The maximum atomic E-state index is 13.7. The Hall–Kier alpha value is -3.50. The molecule has 2 N–H and O–H groups in total. The first-order valence-corrected chi connectivity index (χ1v) is 10.5. The van der Waals surface area contributed by atoms with Crippen LogP contribution in [0.3, 0.4) is 0 Å². The van der Waals surface area contributed by atoms with Crippen LogP contribution in [0.25, 0.3) is 22.2 Å². The number of nitrogens with zero attached hydrogens (tertiary/aromatic N) is 1. The lowest BCUT2D eigenvalue weighted by atomic mass is 9.92. The molecule has 180 valence electrons. The zero-order valence-corrected chi connectivity index (χ0v) is 17.7. The molecule has 1 aromatic carbocycles. The lowest BCUT2D eigenvalue weighted by Gasteiger charge is -2.28. The Morgan fingerprint density at radius 3 is 2.53 bits per heavy atom. The predicted octanol–water partition coefficient (Wildman–Crippen LogP) is 5.07. The Morgan fingerprint density at radius 2 is 1.91 bits per heavy atom. The summed E-state index contributed by atoms with van der Waals surface area (Å²) in [6.45, 7) is -0.0640.